The van der Waals surface area contributed by atoms with Gasteiger partial charge in [-0.05, 0) is 19.1 Å². The van der Waals surface area contributed by atoms with Crippen molar-refractivity contribution in [2.24, 2.45) is 0 Å². The van der Waals surface area contributed by atoms with Crippen LogP contribution in [0.25, 0.3) is 11.2 Å². The quantitative estimate of drug-likeness (QED) is 0.275. The lowest BCUT2D eigenvalue weighted by Gasteiger charge is -2.21. The molecule has 0 radical (unpaired) electrons. The number of hydrogen-bond donors (Lipinski definition) is 1. The number of benzene rings is 1. The number of amides is 1. The number of ether oxygens (including phenoxy) is 3. The summed E-state index contributed by atoms with van der Waals surface area (Å²) in [6, 6.07) is 6.01. The van der Waals surface area contributed by atoms with E-state index in [-0.39, 0.29) is 34.8 Å². The van der Waals surface area contributed by atoms with Crippen LogP contribution in [0.15, 0.2) is 41.8 Å². The summed E-state index contributed by atoms with van der Waals surface area (Å²) in [5, 5.41) is 2.39. The van der Waals surface area contributed by atoms with Crippen LogP contribution < -0.4 is 5.32 Å². The van der Waals surface area contributed by atoms with Crippen molar-refractivity contribution in [1.29, 1.82) is 0 Å². The van der Waals surface area contributed by atoms with Gasteiger partial charge in [-0.15, -0.1) is 0 Å². The third-order valence-electron chi connectivity index (χ3n) is 5.24. The van der Waals surface area contributed by atoms with E-state index in [4.69, 9.17) is 18.4 Å². The van der Waals surface area contributed by atoms with E-state index in [1.165, 1.54) is 29.4 Å². The van der Waals surface area contributed by atoms with E-state index >= 15 is 0 Å². The maximum absolute atomic E-state index is 12.6. The third-order valence-corrected chi connectivity index (χ3v) is 6.53. The van der Waals surface area contributed by atoms with Gasteiger partial charge in [0.05, 0.1) is 17.8 Å². The first-order valence-corrected chi connectivity index (χ1v) is 11.5. The molecule has 4 rings (SSSR count). The zero-order valence-corrected chi connectivity index (χ0v) is 18.9. The average Bonchev–Trinajstić information content (AvgIpc) is 3.41. The number of imidazole rings is 1. The summed E-state index contributed by atoms with van der Waals surface area (Å²) in [5.41, 5.74) is 1.28. The maximum atomic E-state index is 12.6. The number of anilines is 1. The Morgan fingerprint density at radius 3 is 2.46 bits per heavy atom. The minimum atomic E-state index is -4.17. The molecule has 2 aromatic heterocycles. The lowest BCUT2D eigenvalue weighted by Crippen LogP contribution is -2.38. The lowest BCUT2D eigenvalue weighted by molar-refractivity contribution is -0.151. The van der Waals surface area contributed by atoms with Crippen LogP contribution in [-0.2, 0) is 42.9 Å². The summed E-state index contributed by atoms with van der Waals surface area (Å²) in [6.07, 6.45) is -1.82. The topological polar surface area (TPSA) is 178 Å². The van der Waals surface area contributed by atoms with Gasteiger partial charge in [0.2, 0.25) is 6.41 Å². The fourth-order valence-corrected chi connectivity index (χ4v) is 4.55. The number of fused-ring (bicyclic) bond motifs is 1. The van der Waals surface area contributed by atoms with Crippen molar-refractivity contribution in [3.8, 4) is 0 Å². The van der Waals surface area contributed by atoms with Gasteiger partial charge < -0.3 is 19.5 Å². The van der Waals surface area contributed by atoms with Gasteiger partial charge in [0, 0.05) is 0 Å². The first kappa shape index (κ1) is 24.2. The SMILES string of the molecule is Cc1ccc(S(=O)(=O)OC[C@@H]2O[C@@H](n3cnc4c(NC=O)ncnc43)[C@@H](OC=O)[C@@H]2OC=O)cc1. The molecule has 1 N–H and O–H groups in total. The second-order valence-corrected chi connectivity index (χ2v) is 8.93. The monoisotopic (exact) mass is 505 g/mol. The van der Waals surface area contributed by atoms with Crippen LogP contribution in [0.3, 0.4) is 0 Å². The fraction of sp³-hybridized carbons (Fsp3) is 0.300. The second-order valence-electron chi connectivity index (χ2n) is 7.32. The van der Waals surface area contributed by atoms with Gasteiger partial charge in [0.15, 0.2) is 35.4 Å². The first-order chi connectivity index (χ1) is 16.9. The molecule has 1 saturated heterocycles. The molecule has 35 heavy (non-hydrogen) atoms. The summed E-state index contributed by atoms with van der Waals surface area (Å²) in [5.74, 6) is 0.124. The van der Waals surface area contributed by atoms with Crippen LogP contribution in [0.5, 0.6) is 0 Å². The predicted molar refractivity (Wildman–Crippen MR) is 115 cm³/mol. The van der Waals surface area contributed by atoms with Crippen LogP contribution in [0, 0.1) is 6.92 Å². The highest BCUT2D eigenvalue weighted by molar-refractivity contribution is 7.86. The molecule has 14 nitrogen and oxygen atoms in total. The molecule has 3 aromatic rings. The standard InChI is InChI=1S/C20H19N5O9S/c1-12-2-4-13(5-3-12)35(29,30)33-6-14-16(31-10-27)17(32-11-28)20(34-14)25-8-23-15-18(24-9-26)21-7-22-19(15)25/h2-5,7-11,14,16-17,20H,6H2,1H3,(H,21,22,24,26)/t14-,16+,17-,20+/m0/s1. The molecule has 4 atom stereocenters. The van der Waals surface area contributed by atoms with E-state index in [0.717, 1.165) is 5.56 Å². The highest BCUT2D eigenvalue weighted by Crippen LogP contribution is 2.36. The first-order valence-electron chi connectivity index (χ1n) is 10.1. The normalized spacial score (nSPS) is 22.0. The molecule has 15 heteroatoms. The van der Waals surface area contributed by atoms with Gasteiger partial charge in [-0.2, -0.15) is 8.42 Å². The molecule has 0 saturated carbocycles. The molecular formula is C20H19N5O9S. The maximum Gasteiger partial charge on any atom is 0.297 e. The molecule has 1 aliphatic heterocycles. The Hall–Kier alpha value is -3.95. The van der Waals surface area contributed by atoms with E-state index in [2.05, 4.69) is 20.3 Å². The van der Waals surface area contributed by atoms with Gasteiger partial charge >= 0.3 is 0 Å². The molecule has 184 valence electrons. The van der Waals surface area contributed by atoms with Crippen LogP contribution >= 0.6 is 0 Å². The lowest BCUT2D eigenvalue weighted by atomic mass is 10.1. The van der Waals surface area contributed by atoms with Gasteiger partial charge in [-0.25, -0.2) is 15.0 Å². The molecule has 1 aromatic carbocycles. The Balaban J connectivity index is 1.63. The second kappa shape index (κ2) is 10.1. The van der Waals surface area contributed by atoms with Crippen LogP contribution in [0.4, 0.5) is 5.82 Å². The van der Waals surface area contributed by atoms with Crippen molar-refractivity contribution in [2.75, 3.05) is 11.9 Å². The average molecular weight is 505 g/mol. The zero-order chi connectivity index (χ0) is 25.0. The van der Waals surface area contributed by atoms with Crippen LogP contribution in [-0.4, -0.2) is 72.2 Å². The minimum Gasteiger partial charge on any atom is -0.458 e. The molecule has 0 aliphatic carbocycles. The van der Waals surface area contributed by atoms with Gasteiger partial charge in [-0.3, -0.25) is 23.1 Å². The summed E-state index contributed by atoms with van der Waals surface area (Å²) in [6.45, 7) is 1.52. The highest BCUT2D eigenvalue weighted by Gasteiger charge is 2.50. The number of nitrogens with one attached hydrogen (secondary N) is 1. The smallest absolute Gasteiger partial charge is 0.297 e. The minimum absolute atomic E-state index is 0.0706. The number of carbonyl (C=O) groups is 3. The molecule has 0 spiro atoms. The Kier molecular flexibility index (Phi) is 6.99. The molecule has 0 unspecified atom stereocenters. The third kappa shape index (κ3) is 4.82. The summed E-state index contributed by atoms with van der Waals surface area (Å²) >= 11 is 0. The molecule has 1 amide bonds. The Morgan fingerprint density at radius 1 is 1.06 bits per heavy atom. The molecule has 1 aliphatic rings. The molecule has 0 bridgehead atoms. The van der Waals surface area contributed by atoms with E-state index in [0.29, 0.717) is 6.41 Å². The van der Waals surface area contributed by atoms with Crippen molar-refractivity contribution in [1.82, 2.24) is 19.5 Å². The van der Waals surface area contributed by atoms with Gasteiger partial charge in [-0.1, -0.05) is 17.7 Å². The number of rotatable bonds is 11. The number of carbonyl (C=O) groups excluding carboxylic acids is 3. The van der Waals surface area contributed by atoms with E-state index in [1.54, 1.807) is 19.1 Å². The number of aromatic nitrogens is 4. The Bertz CT molecular complexity index is 1330. The van der Waals surface area contributed by atoms with Crippen molar-refractivity contribution in [3.63, 3.8) is 0 Å². The number of hydrogen-bond acceptors (Lipinski definition) is 12. The number of aryl methyl sites for hydroxylation is 1. The predicted octanol–water partition coefficient (Wildman–Crippen LogP) is 0.0891. The van der Waals surface area contributed by atoms with E-state index in [1.807, 2.05) is 0 Å². The number of nitrogens with zero attached hydrogens (tertiary/aromatic N) is 4. The van der Waals surface area contributed by atoms with Gasteiger partial charge in [0.1, 0.15) is 12.4 Å². The fourth-order valence-electron chi connectivity index (χ4n) is 3.63. The van der Waals surface area contributed by atoms with Crippen LogP contribution in [0.2, 0.25) is 0 Å². The van der Waals surface area contributed by atoms with Crippen molar-refractivity contribution in [3.05, 3.63) is 42.5 Å². The van der Waals surface area contributed by atoms with Crippen molar-refractivity contribution in [2.45, 2.75) is 36.4 Å². The Labute approximate surface area is 198 Å². The van der Waals surface area contributed by atoms with E-state index < -0.39 is 41.3 Å². The summed E-state index contributed by atoms with van der Waals surface area (Å²) < 4.78 is 47.9. The van der Waals surface area contributed by atoms with Gasteiger partial charge in [0.25, 0.3) is 23.1 Å². The largest absolute Gasteiger partial charge is 0.458 e. The molecule has 3 heterocycles. The zero-order valence-electron chi connectivity index (χ0n) is 18.1. The molecule has 1 fully saturated rings. The van der Waals surface area contributed by atoms with Crippen LogP contribution in [0.1, 0.15) is 11.8 Å². The summed E-state index contributed by atoms with van der Waals surface area (Å²) in [4.78, 5) is 45.4. The van der Waals surface area contributed by atoms with Crippen molar-refractivity contribution >= 4 is 46.5 Å². The Morgan fingerprint density at radius 2 is 1.77 bits per heavy atom. The van der Waals surface area contributed by atoms with E-state index in [9.17, 15) is 22.8 Å². The molecular weight excluding hydrogens is 486 g/mol. The van der Waals surface area contributed by atoms with Crippen molar-refractivity contribution < 1.29 is 41.2 Å². The summed E-state index contributed by atoms with van der Waals surface area (Å²) in [7, 11) is -4.17. The highest BCUT2D eigenvalue weighted by atomic mass is 32.2.